The second kappa shape index (κ2) is 5.76. The van der Waals surface area contributed by atoms with Gasteiger partial charge in [-0.05, 0) is 23.2 Å². The first-order chi connectivity index (χ1) is 7.82. The molecule has 0 fully saturated rings. The van der Waals surface area contributed by atoms with E-state index in [2.05, 4.69) is 62.7 Å². The van der Waals surface area contributed by atoms with Crippen LogP contribution in [0.5, 0.6) is 0 Å². The molecule has 3 heteroatoms. The van der Waals surface area contributed by atoms with Crippen molar-refractivity contribution in [3.63, 3.8) is 0 Å². The summed E-state index contributed by atoms with van der Waals surface area (Å²) in [4.78, 5) is 4.46. The molecule has 17 heavy (non-hydrogen) atoms. The Morgan fingerprint density at radius 2 is 2.06 bits per heavy atom. The average Bonchev–Trinajstić information content (AvgIpc) is 2.54. The Morgan fingerprint density at radius 3 is 2.53 bits per heavy atom. The fourth-order valence-corrected chi connectivity index (χ4v) is 2.35. The van der Waals surface area contributed by atoms with Crippen LogP contribution in [-0.2, 0) is 12.5 Å². The molecule has 0 spiro atoms. The van der Waals surface area contributed by atoms with Gasteiger partial charge < -0.3 is 4.57 Å². The van der Waals surface area contributed by atoms with E-state index >= 15 is 0 Å². The number of aromatic nitrogens is 2. The summed E-state index contributed by atoms with van der Waals surface area (Å²) in [6.45, 7) is 11.1. The number of hydrogen-bond acceptors (Lipinski definition) is 2. The third-order valence-electron chi connectivity index (χ3n) is 2.54. The van der Waals surface area contributed by atoms with Crippen LogP contribution in [0.15, 0.2) is 11.6 Å². The van der Waals surface area contributed by atoms with E-state index in [0.717, 1.165) is 17.5 Å². The van der Waals surface area contributed by atoms with E-state index in [-0.39, 0.29) is 5.41 Å². The van der Waals surface area contributed by atoms with E-state index in [1.54, 1.807) is 0 Å². The lowest BCUT2D eigenvalue weighted by molar-refractivity contribution is 0.542. The van der Waals surface area contributed by atoms with Crippen molar-refractivity contribution in [2.45, 2.75) is 40.0 Å². The molecule has 1 aromatic rings. The Bertz CT molecular complexity index is 383. The van der Waals surface area contributed by atoms with E-state index < -0.39 is 0 Å². The maximum absolute atomic E-state index is 4.46. The molecule has 0 aliphatic rings. The molecule has 0 amide bonds. The lowest BCUT2D eigenvalue weighted by atomic mass is 9.93. The zero-order valence-corrected chi connectivity index (χ0v) is 12.6. The first-order valence-electron chi connectivity index (χ1n) is 6.12. The van der Waals surface area contributed by atoms with Gasteiger partial charge in [-0.15, -0.1) is 11.8 Å². The molecule has 0 radical (unpaired) electrons. The Kier molecular flexibility index (Phi) is 4.87. The highest BCUT2D eigenvalue weighted by Crippen LogP contribution is 2.23. The molecule has 0 bridgehead atoms. The largest absolute Gasteiger partial charge is 0.331 e. The number of nitrogens with zero attached hydrogens (tertiary/aromatic N) is 2. The maximum Gasteiger partial charge on any atom is 0.133 e. The summed E-state index contributed by atoms with van der Waals surface area (Å²) in [6, 6.07) is 0. The van der Waals surface area contributed by atoms with Crippen molar-refractivity contribution >= 4 is 17.8 Å². The summed E-state index contributed by atoms with van der Waals surface area (Å²) in [5, 5.41) is 2.15. The normalized spacial score (nSPS) is 12.9. The van der Waals surface area contributed by atoms with Crippen LogP contribution >= 0.6 is 11.8 Å². The van der Waals surface area contributed by atoms with Crippen molar-refractivity contribution in [1.82, 2.24) is 9.55 Å². The van der Waals surface area contributed by atoms with Crippen LogP contribution in [0.3, 0.4) is 0 Å². The lowest BCUT2D eigenvalue weighted by Gasteiger charge is -2.18. The topological polar surface area (TPSA) is 17.8 Å². The van der Waals surface area contributed by atoms with E-state index in [1.165, 1.54) is 5.69 Å². The standard InChI is InChI=1S/C14H24N2S/c1-11(2)10-17-8-7-13-15-9-12(16(13)6)14(3,4)5/h7-9,11H,10H2,1-6H3/b8-7+. The van der Waals surface area contributed by atoms with Gasteiger partial charge in [-0.3, -0.25) is 0 Å². The van der Waals surface area contributed by atoms with Crippen molar-refractivity contribution in [2.75, 3.05) is 5.75 Å². The minimum absolute atomic E-state index is 0.152. The SMILES string of the molecule is CC(C)CS/C=C/c1ncc(C(C)(C)C)n1C. The van der Waals surface area contributed by atoms with Crippen molar-refractivity contribution in [3.05, 3.63) is 23.1 Å². The zero-order valence-electron chi connectivity index (χ0n) is 11.8. The zero-order chi connectivity index (χ0) is 13.1. The molecule has 0 aliphatic heterocycles. The summed E-state index contributed by atoms with van der Waals surface area (Å²) in [6.07, 6.45) is 4.08. The van der Waals surface area contributed by atoms with Crippen LogP contribution < -0.4 is 0 Å². The van der Waals surface area contributed by atoms with Crippen molar-refractivity contribution in [2.24, 2.45) is 13.0 Å². The average molecular weight is 252 g/mol. The van der Waals surface area contributed by atoms with Gasteiger partial charge in [0.2, 0.25) is 0 Å². The smallest absolute Gasteiger partial charge is 0.133 e. The Balaban J connectivity index is 2.71. The van der Waals surface area contributed by atoms with Crippen LogP contribution in [0.4, 0.5) is 0 Å². The number of hydrogen-bond donors (Lipinski definition) is 0. The first-order valence-corrected chi connectivity index (χ1v) is 7.17. The third kappa shape index (κ3) is 4.23. The third-order valence-corrected chi connectivity index (χ3v) is 3.72. The van der Waals surface area contributed by atoms with Gasteiger partial charge in [-0.2, -0.15) is 0 Å². The second-order valence-corrected chi connectivity index (χ2v) is 6.78. The van der Waals surface area contributed by atoms with Crippen molar-refractivity contribution in [1.29, 1.82) is 0 Å². The lowest BCUT2D eigenvalue weighted by Crippen LogP contribution is -2.16. The summed E-state index contributed by atoms with van der Waals surface area (Å²) in [7, 11) is 2.08. The molecule has 0 aromatic carbocycles. The summed E-state index contributed by atoms with van der Waals surface area (Å²) < 4.78 is 2.17. The highest BCUT2D eigenvalue weighted by Gasteiger charge is 2.18. The van der Waals surface area contributed by atoms with E-state index in [9.17, 15) is 0 Å². The van der Waals surface area contributed by atoms with Crippen LogP contribution in [0, 0.1) is 5.92 Å². The molecular weight excluding hydrogens is 228 g/mol. The quantitative estimate of drug-likeness (QED) is 0.803. The fraction of sp³-hybridized carbons (Fsp3) is 0.643. The van der Waals surface area contributed by atoms with Crippen LogP contribution in [0.1, 0.15) is 46.1 Å². The van der Waals surface area contributed by atoms with E-state index in [4.69, 9.17) is 0 Å². The van der Waals surface area contributed by atoms with Gasteiger partial charge in [-0.1, -0.05) is 34.6 Å². The van der Waals surface area contributed by atoms with Gasteiger partial charge in [-0.25, -0.2) is 4.98 Å². The molecule has 0 atom stereocenters. The van der Waals surface area contributed by atoms with Gasteiger partial charge >= 0.3 is 0 Å². The van der Waals surface area contributed by atoms with Crippen LogP contribution in [-0.4, -0.2) is 15.3 Å². The molecule has 0 unspecified atom stereocenters. The Hall–Kier alpha value is -0.700. The summed E-state index contributed by atoms with van der Waals surface area (Å²) >= 11 is 1.85. The molecule has 96 valence electrons. The highest BCUT2D eigenvalue weighted by molar-refractivity contribution is 8.02. The molecule has 2 nitrogen and oxygen atoms in total. The molecule has 0 aliphatic carbocycles. The molecule has 0 N–H and O–H groups in total. The molecule has 0 saturated heterocycles. The maximum atomic E-state index is 4.46. The summed E-state index contributed by atoms with van der Waals surface area (Å²) in [5.74, 6) is 2.93. The fourth-order valence-electron chi connectivity index (χ4n) is 1.63. The van der Waals surface area contributed by atoms with Crippen LogP contribution in [0.2, 0.25) is 0 Å². The Morgan fingerprint density at radius 1 is 1.41 bits per heavy atom. The van der Waals surface area contributed by atoms with Crippen LogP contribution in [0.25, 0.3) is 6.08 Å². The molecule has 1 rings (SSSR count). The minimum Gasteiger partial charge on any atom is -0.331 e. The van der Waals surface area contributed by atoms with Gasteiger partial charge in [0.15, 0.2) is 0 Å². The molecule has 0 saturated carbocycles. The van der Waals surface area contributed by atoms with Crippen molar-refractivity contribution in [3.8, 4) is 0 Å². The van der Waals surface area contributed by atoms with Gasteiger partial charge in [0.25, 0.3) is 0 Å². The first kappa shape index (κ1) is 14.4. The second-order valence-electron chi connectivity index (χ2n) is 5.84. The molecule has 1 heterocycles. The number of rotatable bonds is 4. The molecule has 1 aromatic heterocycles. The number of thioether (sulfide) groups is 1. The molecular formula is C14H24N2S. The Labute approximate surface area is 110 Å². The highest BCUT2D eigenvalue weighted by atomic mass is 32.2. The summed E-state index contributed by atoms with van der Waals surface area (Å²) in [5.41, 5.74) is 1.42. The van der Waals surface area contributed by atoms with E-state index in [0.29, 0.717) is 0 Å². The van der Waals surface area contributed by atoms with Crippen molar-refractivity contribution < 1.29 is 0 Å². The van der Waals surface area contributed by atoms with E-state index in [1.807, 2.05) is 18.0 Å². The monoisotopic (exact) mass is 252 g/mol. The number of imidazole rings is 1. The predicted octanol–water partition coefficient (Wildman–Crippen LogP) is 4.08. The van der Waals surface area contributed by atoms with Gasteiger partial charge in [0, 0.05) is 24.4 Å². The minimum atomic E-state index is 0.152. The van der Waals surface area contributed by atoms with Gasteiger partial charge in [0.05, 0.1) is 0 Å². The van der Waals surface area contributed by atoms with Gasteiger partial charge in [0.1, 0.15) is 5.82 Å². The predicted molar refractivity (Wildman–Crippen MR) is 78.2 cm³/mol.